The Morgan fingerprint density at radius 2 is 2.25 bits per heavy atom. The van der Waals surface area contributed by atoms with Gasteiger partial charge in [-0.1, -0.05) is 24.6 Å². The summed E-state index contributed by atoms with van der Waals surface area (Å²) in [6.45, 7) is 2.95. The third-order valence-electron chi connectivity index (χ3n) is 3.13. The summed E-state index contributed by atoms with van der Waals surface area (Å²) in [5.74, 6) is 1.59. The molecule has 1 unspecified atom stereocenters. The molecule has 0 spiro atoms. The molecule has 108 valence electrons. The quantitative estimate of drug-likeness (QED) is 0.889. The van der Waals surface area contributed by atoms with Gasteiger partial charge in [-0.2, -0.15) is 5.10 Å². The molecule has 6 heteroatoms. The molecule has 1 aromatic carbocycles. The summed E-state index contributed by atoms with van der Waals surface area (Å²) in [5, 5.41) is 4.84. The average Bonchev–Trinajstić information content (AvgIpc) is 2.86. The van der Waals surface area contributed by atoms with Crippen molar-refractivity contribution in [3.63, 3.8) is 0 Å². The molecule has 5 nitrogen and oxygen atoms in total. The molecule has 0 aliphatic rings. The highest BCUT2D eigenvalue weighted by Crippen LogP contribution is 2.28. The van der Waals surface area contributed by atoms with Gasteiger partial charge < -0.3 is 10.5 Å². The highest BCUT2D eigenvalue weighted by Gasteiger charge is 2.16. The van der Waals surface area contributed by atoms with Crippen molar-refractivity contribution in [3.05, 3.63) is 40.9 Å². The molecule has 1 aromatic heterocycles. The molecule has 1 atom stereocenters. The maximum absolute atomic E-state index is 6.27. The molecule has 0 fully saturated rings. The fraction of sp³-hybridized carbons (Fsp3) is 0.429. The standard InChI is InChI=1S/C14H19ClN4O/c1-3-6-19-14(17-9-18-19)8-12(16)11-5-4-10(15)7-13(11)20-2/h4-5,7,9,12H,3,6,8,16H2,1-2H3. The van der Waals surface area contributed by atoms with Crippen LogP contribution in [0.15, 0.2) is 24.5 Å². The highest BCUT2D eigenvalue weighted by atomic mass is 35.5. The number of nitrogens with zero attached hydrogens (tertiary/aromatic N) is 3. The number of aromatic nitrogens is 3. The van der Waals surface area contributed by atoms with E-state index in [0.717, 1.165) is 24.4 Å². The van der Waals surface area contributed by atoms with Crippen LogP contribution in [0.2, 0.25) is 5.02 Å². The van der Waals surface area contributed by atoms with Gasteiger partial charge in [0.1, 0.15) is 17.9 Å². The number of rotatable bonds is 6. The topological polar surface area (TPSA) is 66.0 Å². The van der Waals surface area contributed by atoms with E-state index in [2.05, 4.69) is 17.0 Å². The van der Waals surface area contributed by atoms with Crippen molar-refractivity contribution >= 4 is 11.6 Å². The molecule has 0 amide bonds. The average molecular weight is 295 g/mol. The fourth-order valence-corrected chi connectivity index (χ4v) is 2.30. The number of halogens is 1. The normalized spacial score (nSPS) is 12.4. The second kappa shape index (κ2) is 6.72. The SMILES string of the molecule is CCCn1ncnc1CC(N)c1ccc(Cl)cc1OC. The largest absolute Gasteiger partial charge is 0.496 e. The van der Waals surface area contributed by atoms with Gasteiger partial charge in [0.2, 0.25) is 0 Å². The minimum Gasteiger partial charge on any atom is -0.496 e. The molecular formula is C14H19ClN4O. The molecule has 0 saturated carbocycles. The molecule has 0 saturated heterocycles. The van der Waals surface area contributed by atoms with Crippen LogP contribution in [-0.4, -0.2) is 21.9 Å². The van der Waals surface area contributed by atoms with Crippen molar-refractivity contribution in [3.8, 4) is 5.75 Å². The van der Waals surface area contributed by atoms with Gasteiger partial charge in [-0.25, -0.2) is 4.98 Å². The molecule has 2 rings (SSSR count). The third-order valence-corrected chi connectivity index (χ3v) is 3.36. The summed E-state index contributed by atoms with van der Waals surface area (Å²) in [6, 6.07) is 5.28. The summed E-state index contributed by atoms with van der Waals surface area (Å²) in [7, 11) is 1.61. The Bertz CT molecular complexity index is 570. The van der Waals surface area contributed by atoms with Crippen LogP contribution in [0.25, 0.3) is 0 Å². The number of nitrogens with two attached hydrogens (primary N) is 1. The number of hydrogen-bond acceptors (Lipinski definition) is 4. The van der Waals surface area contributed by atoms with E-state index >= 15 is 0 Å². The Morgan fingerprint density at radius 1 is 1.45 bits per heavy atom. The van der Waals surface area contributed by atoms with Crippen molar-refractivity contribution in [2.75, 3.05) is 7.11 Å². The molecule has 0 bridgehead atoms. The number of methoxy groups -OCH3 is 1. The van der Waals surface area contributed by atoms with Crippen LogP contribution in [0.3, 0.4) is 0 Å². The lowest BCUT2D eigenvalue weighted by atomic mass is 10.0. The van der Waals surface area contributed by atoms with Crippen molar-refractivity contribution in [2.45, 2.75) is 32.4 Å². The van der Waals surface area contributed by atoms with Gasteiger partial charge in [0.25, 0.3) is 0 Å². The Balaban J connectivity index is 2.19. The zero-order valence-electron chi connectivity index (χ0n) is 11.7. The minimum absolute atomic E-state index is 0.206. The van der Waals surface area contributed by atoms with E-state index in [4.69, 9.17) is 22.1 Å². The molecule has 2 aromatic rings. The zero-order chi connectivity index (χ0) is 14.5. The van der Waals surface area contributed by atoms with Crippen LogP contribution < -0.4 is 10.5 Å². The van der Waals surface area contributed by atoms with Crippen LogP contribution in [0.4, 0.5) is 0 Å². The number of ether oxygens (including phenoxy) is 1. The first kappa shape index (κ1) is 14.8. The van der Waals surface area contributed by atoms with E-state index in [1.54, 1.807) is 19.5 Å². The molecule has 2 N–H and O–H groups in total. The van der Waals surface area contributed by atoms with E-state index in [0.29, 0.717) is 17.2 Å². The summed E-state index contributed by atoms with van der Waals surface area (Å²) in [6.07, 6.45) is 3.19. The van der Waals surface area contributed by atoms with Crippen LogP contribution in [0, 0.1) is 0 Å². The second-order valence-electron chi connectivity index (χ2n) is 4.60. The molecule has 0 radical (unpaired) electrons. The van der Waals surface area contributed by atoms with Crippen LogP contribution in [0.1, 0.15) is 30.8 Å². The lowest BCUT2D eigenvalue weighted by molar-refractivity contribution is 0.404. The van der Waals surface area contributed by atoms with E-state index < -0.39 is 0 Å². The van der Waals surface area contributed by atoms with Crippen LogP contribution in [0.5, 0.6) is 5.75 Å². The summed E-state index contributed by atoms with van der Waals surface area (Å²) in [4.78, 5) is 4.28. The number of aryl methyl sites for hydroxylation is 1. The van der Waals surface area contributed by atoms with E-state index in [9.17, 15) is 0 Å². The minimum atomic E-state index is -0.206. The highest BCUT2D eigenvalue weighted by molar-refractivity contribution is 6.30. The maximum atomic E-state index is 6.27. The van der Waals surface area contributed by atoms with Gasteiger partial charge >= 0.3 is 0 Å². The first-order chi connectivity index (χ1) is 9.65. The first-order valence-corrected chi connectivity index (χ1v) is 6.99. The summed E-state index contributed by atoms with van der Waals surface area (Å²) >= 11 is 5.96. The molecule has 0 aliphatic heterocycles. The maximum Gasteiger partial charge on any atom is 0.138 e. The predicted molar refractivity (Wildman–Crippen MR) is 78.9 cm³/mol. The Labute approximate surface area is 123 Å². The summed E-state index contributed by atoms with van der Waals surface area (Å²) in [5.41, 5.74) is 7.19. The van der Waals surface area contributed by atoms with E-state index in [-0.39, 0.29) is 6.04 Å². The molecule has 1 heterocycles. The number of benzene rings is 1. The van der Waals surface area contributed by atoms with Gasteiger partial charge in [-0.05, 0) is 18.6 Å². The molecular weight excluding hydrogens is 276 g/mol. The van der Waals surface area contributed by atoms with Gasteiger partial charge in [-0.3, -0.25) is 4.68 Å². The van der Waals surface area contributed by atoms with Crippen molar-refractivity contribution in [1.82, 2.24) is 14.8 Å². The second-order valence-corrected chi connectivity index (χ2v) is 5.03. The first-order valence-electron chi connectivity index (χ1n) is 6.61. The fourth-order valence-electron chi connectivity index (χ4n) is 2.14. The van der Waals surface area contributed by atoms with Gasteiger partial charge in [0.15, 0.2) is 0 Å². The summed E-state index contributed by atoms with van der Waals surface area (Å²) < 4.78 is 7.23. The van der Waals surface area contributed by atoms with Crippen molar-refractivity contribution < 1.29 is 4.74 Å². The molecule has 0 aliphatic carbocycles. The Kier molecular flexibility index (Phi) is 4.98. The predicted octanol–water partition coefficient (Wildman–Crippen LogP) is 2.59. The monoisotopic (exact) mass is 294 g/mol. The Hall–Kier alpha value is -1.59. The van der Waals surface area contributed by atoms with Gasteiger partial charge in [-0.15, -0.1) is 0 Å². The van der Waals surface area contributed by atoms with Crippen molar-refractivity contribution in [1.29, 1.82) is 0 Å². The van der Waals surface area contributed by atoms with Crippen molar-refractivity contribution in [2.24, 2.45) is 5.73 Å². The van der Waals surface area contributed by atoms with Crippen LogP contribution in [-0.2, 0) is 13.0 Å². The van der Waals surface area contributed by atoms with Crippen LogP contribution >= 0.6 is 11.6 Å². The lowest BCUT2D eigenvalue weighted by Crippen LogP contribution is -2.18. The Morgan fingerprint density at radius 3 is 2.95 bits per heavy atom. The van der Waals surface area contributed by atoms with Gasteiger partial charge in [0.05, 0.1) is 7.11 Å². The lowest BCUT2D eigenvalue weighted by Gasteiger charge is -2.16. The van der Waals surface area contributed by atoms with E-state index in [1.165, 1.54) is 0 Å². The van der Waals surface area contributed by atoms with Gasteiger partial charge in [0, 0.05) is 29.6 Å². The number of hydrogen-bond donors (Lipinski definition) is 1. The molecule has 20 heavy (non-hydrogen) atoms. The van der Waals surface area contributed by atoms with E-state index in [1.807, 2.05) is 16.8 Å². The smallest absolute Gasteiger partial charge is 0.138 e. The third kappa shape index (κ3) is 3.29. The zero-order valence-corrected chi connectivity index (χ0v) is 12.5.